The van der Waals surface area contributed by atoms with Crippen LogP contribution in [0.1, 0.15) is 77.6 Å². The van der Waals surface area contributed by atoms with E-state index in [1.807, 2.05) is 0 Å². The molecule has 120 valence electrons. The van der Waals surface area contributed by atoms with E-state index in [2.05, 4.69) is 19.1 Å². The Morgan fingerprint density at radius 3 is 2.10 bits per heavy atom. The van der Waals surface area contributed by atoms with E-state index >= 15 is 0 Å². The van der Waals surface area contributed by atoms with Crippen LogP contribution in [0.2, 0.25) is 0 Å². The summed E-state index contributed by atoms with van der Waals surface area (Å²) < 4.78 is 12.0. The molecule has 0 spiro atoms. The Morgan fingerprint density at radius 2 is 1.48 bits per heavy atom. The van der Waals surface area contributed by atoms with Crippen LogP contribution in [0.25, 0.3) is 0 Å². The van der Waals surface area contributed by atoms with Crippen LogP contribution in [0.3, 0.4) is 0 Å². The van der Waals surface area contributed by atoms with Gasteiger partial charge in [0.2, 0.25) is 0 Å². The van der Waals surface area contributed by atoms with Crippen molar-refractivity contribution in [1.29, 1.82) is 0 Å². The molecule has 2 saturated heterocycles. The molecule has 3 heteroatoms. The summed E-state index contributed by atoms with van der Waals surface area (Å²) in [7, 11) is -1.91. The SMILES string of the molecule is CCCCCCCCC=CCCCCC1C2C(C=O)P12=O. The second-order valence-electron chi connectivity index (χ2n) is 6.76. The zero-order valence-corrected chi connectivity index (χ0v) is 14.4. The van der Waals surface area contributed by atoms with E-state index in [-0.39, 0.29) is 5.66 Å². The van der Waals surface area contributed by atoms with Gasteiger partial charge in [0.05, 0.1) is 5.66 Å². The molecule has 2 heterocycles. The van der Waals surface area contributed by atoms with Crippen LogP contribution >= 0.6 is 7.14 Å². The number of rotatable bonds is 13. The Bertz CT molecular complexity index is 402. The maximum atomic E-state index is 12.0. The lowest BCUT2D eigenvalue weighted by Crippen LogP contribution is -2.09. The van der Waals surface area contributed by atoms with Crippen LogP contribution in [0.4, 0.5) is 0 Å². The van der Waals surface area contributed by atoms with Gasteiger partial charge >= 0.3 is 0 Å². The Labute approximate surface area is 130 Å². The minimum atomic E-state index is -1.91. The number of hydrogen-bond acceptors (Lipinski definition) is 2. The van der Waals surface area contributed by atoms with Gasteiger partial charge in [0.1, 0.15) is 13.4 Å². The molecule has 4 atom stereocenters. The summed E-state index contributed by atoms with van der Waals surface area (Å²) >= 11 is 0. The molecule has 2 aliphatic rings. The Hall–Kier alpha value is -0.360. The summed E-state index contributed by atoms with van der Waals surface area (Å²) in [6.07, 6.45) is 19.7. The highest BCUT2D eigenvalue weighted by atomic mass is 31.2. The average molecular weight is 310 g/mol. The molecular weight excluding hydrogens is 279 g/mol. The number of unbranched alkanes of at least 4 members (excludes halogenated alkanes) is 8. The van der Waals surface area contributed by atoms with Crippen LogP contribution in [0, 0.1) is 0 Å². The molecule has 0 N–H and O–H groups in total. The second-order valence-corrected chi connectivity index (χ2v) is 10.1. The predicted molar refractivity (Wildman–Crippen MR) is 90.6 cm³/mol. The van der Waals surface area contributed by atoms with Crippen molar-refractivity contribution in [3.63, 3.8) is 0 Å². The van der Waals surface area contributed by atoms with Gasteiger partial charge in [-0.25, -0.2) is 0 Å². The number of carbonyl (C=O) groups is 1. The minimum Gasteiger partial charge on any atom is -0.322 e. The zero-order chi connectivity index (χ0) is 15.1. The first-order chi connectivity index (χ1) is 10.3. The van der Waals surface area contributed by atoms with Crippen LogP contribution in [-0.2, 0) is 9.36 Å². The van der Waals surface area contributed by atoms with E-state index < -0.39 is 7.14 Å². The van der Waals surface area contributed by atoms with Gasteiger partial charge in [0.25, 0.3) is 0 Å². The van der Waals surface area contributed by atoms with Gasteiger partial charge < -0.3 is 9.36 Å². The number of carbonyl (C=O) groups excluding carboxylic acids is 1. The Morgan fingerprint density at radius 1 is 0.905 bits per heavy atom. The maximum absolute atomic E-state index is 12.0. The summed E-state index contributed by atoms with van der Waals surface area (Å²) in [5.74, 6) is 0. The summed E-state index contributed by atoms with van der Waals surface area (Å²) in [6, 6.07) is 0. The third-order valence-corrected chi connectivity index (χ3v) is 9.08. The normalized spacial score (nSPS) is 33.1. The number of fused-ring (bicyclic) bond motifs is 1. The summed E-state index contributed by atoms with van der Waals surface area (Å²) in [4.78, 5) is 10.6. The molecule has 0 saturated carbocycles. The number of hydrogen-bond donors (Lipinski definition) is 0. The molecule has 4 unspecified atom stereocenters. The quantitative estimate of drug-likeness (QED) is 0.193. The predicted octanol–water partition coefficient (Wildman–Crippen LogP) is 5.55. The van der Waals surface area contributed by atoms with Gasteiger partial charge in [-0.05, 0) is 32.1 Å². The first kappa shape index (κ1) is 17.0. The molecule has 0 aliphatic carbocycles. The smallest absolute Gasteiger partial charge is 0.131 e. The zero-order valence-electron chi connectivity index (χ0n) is 13.5. The average Bonchev–Trinajstić information content (AvgIpc) is 3.29. The van der Waals surface area contributed by atoms with Crippen LogP contribution in [-0.4, -0.2) is 23.3 Å². The first-order valence-electron chi connectivity index (χ1n) is 8.96. The van der Waals surface area contributed by atoms with Crippen molar-refractivity contribution >= 4 is 13.4 Å². The summed E-state index contributed by atoms with van der Waals surface area (Å²) in [6.45, 7) is 2.26. The van der Waals surface area contributed by atoms with Gasteiger partial charge in [-0.1, -0.05) is 57.6 Å². The largest absolute Gasteiger partial charge is 0.322 e. The molecule has 2 rings (SSSR count). The van der Waals surface area contributed by atoms with Gasteiger partial charge in [0, 0.05) is 11.3 Å². The molecule has 2 nitrogen and oxygen atoms in total. The lowest BCUT2D eigenvalue weighted by molar-refractivity contribution is -0.107. The molecule has 0 amide bonds. The highest BCUT2D eigenvalue weighted by molar-refractivity contribution is 7.83. The number of allylic oxidation sites excluding steroid dienone is 2. The van der Waals surface area contributed by atoms with E-state index in [4.69, 9.17) is 0 Å². The van der Waals surface area contributed by atoms with E-state index in [1.165, 1.54) is 57.8 Å². The van der Waals surface area contributed by atoms with Gasteiger partial charge in [0.15, 0.2) is 0 Å². The Kier molecular flexibility index (Phi) is 6.74. The molecule has 2 fully saturated rings. The summed E-state index contributed by atoms with van der Waals surface area (Å²) in [5, 5.41) is 0. The molecule has 0 bridgehead atoms. The third kappa shape index (κ3) is 4.31. The number of aldehydes is 1. The van der Waals surface area contributed by atoms with Crippen molar-refractivity contribution in [2.75, 3.05) is 0 Å². The van der Waals surface area contributed by atoms with E-state index in [0.717, 1.165) is 19.1 Å². The highest BCUT2D eigenvalue weighted by Gasteiger charge is 2.84. The minimum absolute atomic E-state index is 0.0141. The van der Waals surface area contributed by atoms with Crippen molar-refractivity contribution in [3.8, 4) is 0 Å². The van der Waals surface area contributed by atoms with Gasteiger partial charge in [-0.15, -0.1) is 0 Å². The van der Waals surface area contributed by atoms with Crippen molar-refractivity contribution in [1.82, 2.24) is 0 Å². The Balaban J connectivity index is 1.34. The monoisotopic (exact) mass is 310 g/mol. The molecule has 0 aromatic rings. The van der Waals surface area contributed by atoms with E-state index in [1.54, 1.807) is 0 Å². The van der Waals surface area contributed by atoms with E-state index in [9.17, 15) is 9.36 Å². The van der Waals surface area contributed by atoms with E-state index in [0.29, 0.717) is 11.3 Å². The highest BCUT2D eigenvalue weighted by Crippen LogP contribution is 2.95. The van der Waals surface area contributed by atoms with Crippen molar-refractivity contribution in [2.45, 2.75) is 94.5 Å². The lowest BCUT2D eigenvalue weighted by Gasteiger charge is -2.04. The fourth-order valence-electron chi connectivity index (χ4n) is 3.60. The topological polar surface area (TPSA) is 34.1 Å². The second kappa shape index (κ2) is 8.32. The standard InChI is InChI=1S/C18H31O2P/c1-2-3-4-5-6-7-8-9-10-11-12-13-14-16-18-17(15-19)21(16,18)20/h9-10,15-18H,2-8,11-14H2,1H3. The van der Waals surface area contributed by atoms with Crippen molar-refractivity contribution in [2.24, 2.45) is 0 Å². The van der Waals surface area contributed by atoms with Crippen LogP contribution in [0.15, 0.2) is 12.2 Å². The molecule has 0 aromatic carbocycles. The van der Waals surface area contributed by atoms with Gasteiger partial charge in [-0.3, -0.25) is 0 Å². The first-order valence-corrected chi connectivity index (χ1v) is 10.9. The molecular formula is C18H31O2P. The summed E-state index contributed by atoms with van der Waals surface area (Å²) in [5.41, 5.74) is 0.762. The fourth-order valence-corrected chi connectivity index (χ4v) is 7.54. The van der Waals surface area contributed by atoms with Crippen LogP contribution in [0.5, 0.6) is 0 Å². The molecule has 2 aliphatic heterocycles. The fraction of sp³-hybridized carbons (Fsp3) is 0.833. The van der Waals surface area contributed by atoms with Crippen molar-refractivity contribution < 1.29 is 9.36 Å². The molecule has 21 heavy (non-hydrogen) atoms. The maximum Gasteiger partial charge on any atom is 0.131 e. The third-order valence-electron chi connectivity index (χ3n) is 5.17. The van der Waals surface area contributed by atoms with Crippen LogP contribution < -0.4 is 0 Å². The van der Waals surface area contributed by atoms with Crippen molar-refractivity contribution in [3.05, 3.63) is 12.2 Å². The van der Waals surface area contributed by atoms with Gasteiger partial charge in [-0.2, -0.15) is 0 Å². The lowest BCUT2D eigenvalue weighted by atomic mass is 10.1. The molecule has 0 aromatic heterocycles. The molecule has 0 radical (unpaired) electrons.